The van der Waals surface area contributed by atoms with Gasteiger partial charge in [0.1, 0.15) is 5.41 Å². The minimum Gasteiger partial charge on any atom is -0.435 e. The van der Waals surface area contributed by atoms with Crippen molar-refractivity contribution in [2.45, 2.75) is 37.4 Å². The van der Waals surface area contributed by atoms with E-state index >= 15 is 0 Å². The summed E-state index contributed by atoms with van der Waals surface area (Å²) in [7, 11) is 0. The smallest absolute Gasteiger partial charge is 0.325 e. The molecule has 0 spiro atoms. The Morgan fingerprint density at radius 3 is 2.04 bits per heavy atom. The fraction of sp³-hybridized carbons (Fsp3) is 0.435. The molecule has 2 saturated heterocycles. The van der Waals surface area contributed by atoms with Crippen LogP contribution in [-0.4, -0.2) is 43.4 Å². The number of esters is 1. The van der Waals surface area contributed by atoms with Crippen LogP contribution in [0.1, 0.15) is 36.8 Å². The van der Waals surface area contributed by atoms with Gasteiger partial charge in [-0.1, -0.05) is 67.1 Å². The number of nitrogens with zero attached hydrogens (tertiary/aromatic N) is 1. The van der Waals surface area contributed by atoms with E-state index in [0.29, 0.717) is 6.61 Å². The first-order valence-corrected chi connectivity index (χ1v) is 9.95. The van der Waals surface area contributed by atoms with Crippen LogP contribution < -0.4 is 0 Å². The standard InChI is InChI=1S/C23H27NO3/c25-22-23(19-10-4-1-5-11-19,20-12-6-2-7-13-20)18-26-21(27-22)14-17-24-15-8-3-9-16-24/h1-2,4-7,10-13,21H,3,8-9,14-18H2/t21-/m0/s1. The predicted octanol–water partition coefficient (Wildman–Crippen LogP) is 3.75. The Bertz CT molecular complexity index is 701. The van der Waals surface area contributed by atoms with Crippen LogP contribution in [-0.2, 0) is 19.7 Å². The van der Waals surface area contributed by atoms with Crippen molar-refractivity contribution in [1.29, 1.82) is 0 Å². The van der Waals surface area contributed by atoms with Crippen molar-refractivity contribution in [3.63, 3.8) is 0 Å². The molecule has 4 nitrogen and oxygen atoms in total. The molecule has 2 aromatic rings. The molecule has 0 saturated carbocycles. The zero-order chi connectivity index (χ0) is 18.5. The number of carbonyl (C=O) groups excluding carboxylic acids is 1. The highest BCUT2D eigenvalue weighted by atomic mass is 16.7. The van der Waals surface area contributed by atoms with Gasteiger partial charge >= 0.3 is 5.97 Å². The van der Waals surface area contributed by atoms with Gasteiger partial charge in [-0.05, 0) is 37.1 Å². The van der Waals surface area contributed by atoms with Crippen LogP contribution in [0, 0.1) is 0 Å². The highest BCUT2D eigenvalue weighted by molar-refractivity contribution is 5.88. The van der Waals surface area contributed by atoms with E-state index < -0.39 is 11.7 Å². The van der Waals surface area contributed by atoms with Crippen LogP contribution in [0.4, 0.5) is 0 Å². The van der Waals surface area contributed by atoms with E-state index in [1.807, 2.05) is 60.7 Å². The molecule has 0 N–H and O–H groups in total. The molecule has 2 fully saturated rings. The van der Waals surface area contributed by atoms with Crippen molar-refractivity contribution in [2.24, 2.45) is 0 Å². The lowest BCUT2D eigenvalue weighted by Gasteiger charge is -2.39. The number of ether oxygens (including phenoxy) is 2. The zero-order valence-electron chi connectivity index (χ0n) is 15.7. The summed E-state index contributed by atoms with van der Waals surface area (Å²) in [6, 6.07) is 19.6. The Labute approximate surface area is 161 Å². The second kappa shape index (κ2) is 8.24. The lowest BCUT2D eigenvalue weighted by molar-refractivity contribution is -0.212. The van der Waals surface area contributed by atoms with Gasteiger partial charge in [0.25, 0.3) is 0 Å². The van der Waals surface area contributed by atoms with E-state index in [1.54, 1.807) is 0 Å². The van der Waals surface area contributed by atoms with Crippen LogP contribution in [0.15, 0.2) is 60.7 Å². The van der Waals surface area contributed by atoms with Crippen molar-refractivity contribution in [2.75, 3.05) is 26.2 Å². The molecule has 1 atom stereocenters. The predicted molar refractivity (Wildman–Crippen MR) is 104 cm³/mol. The highest BCUT2D eigenvalue weighted by Crippen LogP contribution is 2.38. The quantitative estimate of drug-likeness (QED) is 0.757. The average molecular weight is 365 g/mol. The number of carbonyl (C=O) groups is 1. The van der Waals surface area contributed by atoms with Crippen LogP contribution in [0.3, 0.4) is 0 Å². The number of rotatable bonds is 5. The van der Waals surface area contributed by atoms with E-state index in [2.05, 4.69) is 4.90 Å². The molecule has 0 bridgehead atoms. The van der Waals surface area contributed by atoms with E-state index in [0.717, 1.165) is 37.2 Å². The monoisotopic (exact) mass is 365 g/mol. The summed E-state index contributed by atoms with van der Waals surface area (Å²) in [4.78, 5) is 15.7. The maximum atomic E-state index is 13.3. The van der Waals surface area contributed by atoms with Crippen LogP contribution in [0.2, 0.25) is 0 Å². The van der Waals surface area contributed by atoms with Gasteiger partial charge < -0.3 is 14.4 Å². The molecule has 4 rings (SSSR count). The van der Waals surface area contributed by atoms with Crippen molar-refractivity contribution in [3.05, 3.63) is 71.8 Å². The first kappa shape index (κ1) is 18.2. The summed E-state index contributed by atoms with van der Waals surface area (Å²) in [5.41, 5.74) is 0.927. The van der Waals surface area contributed by atoms with E-state index in [9.17, 15) is 4.79 Å². The summed E-state index contributed by atoms with van der Waals surface area (Å²) in [5, 5.41) is 0. The van der Waals surface area contributed by atoms with Crippen molar-refractivity contribution < 1.29 is 14.3 Å². The topological polar surface area (TPSA) is 38.8 Å². The number of hydrogen-bond acceptors (Lipinski definition) is 4. The third-order valence-electron chi connectivity index (χ3n) is 5.74. The van der Waals surface area contributed by atoms with Crippen LogP contribution >= 0.6 is 0 Å². The fourth-order valence-corrected chi connectivity index (χ4v) is 4.16. The Hall–Kier alpha value is -2.17. The number of piperidine rings is 1. The van der Waals surface area contributed by atoms with Crippen LogP contribution in [0.5, 0.6) is 0 Å². The average Bonchev–Trinajstić information content (AvgIpc) is 2.74. The number of hydrogen-bond donors (Lipinski definition) is 0. The first-order chi connectivity index (χ1) is 13.3. The Balaban J connectivity index is 1.51. The largest absolute Gasteiger partial charge is 0.435 e. The highest BCUT2D eigenvalue weighted by Gasteiger charge is 2.48. The third kappa shape index (κ3) is 3.78. The summed E-state index contributed by atoms with van der Waals surface area (Å²) in [6.07, 6.45) is 4.11. The number of cyclic esters (lactones) is 1. The van der Waals surface area contributed by atoms with Crippen LogP contribution in [0.25, 0.3) is 0 Å². The summed E-state index contributed by atoms with van der Waals surface area (Å²) in [6.45, 7) is 3.50. The SMILES string of the molecule is O=C1O[C@@H](CCN2CCCCC2)OCC1(c1ccccc1)c1ccccc1. The molecule has 142 valence electrons. The summed E-state index contributed by atoms with van der Waals surface area (Å²) in [5.74, 6) is -0.213. The third-order valence-corrected chi connectivity index (χ3v) is 5.74. The molecule has 27 heavy (non-hydrogen) atoms. The summed E-state index contributed by atoms with van der Waals surface area (Å²) < 4.78 is 11.9. The maximum Gasteiger partial charge on any atom is 0.325 e. The van der Waals surface area contributed by atoms with Gasteiger partial charge in [0.05, 0.1) is 6.61 Å². The maximum absolute atomic E-state index is 13.3. The van der Waals surface area contributed by atoms with Gasteiger partial charge in [-0.3, -0.25) is 4.79 Å². The molecule has 0 unspecified atom stereocenters. The van der Waals surface area contributed by atoms with Gasteiger partial charge in [-0.25, -0.2) is 0 Å². The van der Waals surface area contributed by atoms with Crippen molar-refractivity contribution in [3.8, 4) is 0 Å². The second-order valence-corrected chi connectivity index (χ2v) is 7.47. The minimum absolute atomic E-state index is 0.213. The van der Waals surface area contributed by atoms with Crippen molar-refractivity contribution >= 4 is 5.97 Å². The summed E-state index contributed by atoms with van der Waals surface area (Å²) >= 11 is 0. The lowest BCUT2D eigenvalue weighted by atomic mass is 9.74. The van der Waals surface area contributed by atoms with E-state index in [1.165, 1.54) is 19.3 Å². The van der Waals surface area contributed by atoms with Gasteiger partial charge in [-0.2, -0.15) is 0 Å². The Morgan fingerprint density at radius 2 is 1.48 bits per heavy atom. The van der Waals surface area contributed by atoms with Gasteiger partial charge in [0.15, 0.2) is 0 Å². The molecular formula is C23H27NO3. The van der Waals surface area contributed by atoms with Crippen molar-refractivity contribution in [1.82, 2.24) is 4.90 Å². The minimum atomic E-state index is -0.899. The molecule has 2 aliphatic heterocycles. The van der Waals surface area contributed by atoms with E-state index in [4.69, 9.17) is 9.47 Å². The Kier molecular flexibility index (Phi) is 5.55. The molecule has 2 aliphatic rings. The fourth-order valence-electron chi connectivity index (χ4n) is 4.16. The number of likely N-dealkylation sites (tertiary alicyclic amines) is 1. The Morgan fingerprint density at radius 1 is 0.889 bits per heavy atom. The molecule has 4 heteroatoms. The molecular weight excluding hydrogens is 338 g/mol. The molecule has 2 heterocycles. The van der Waals surface area contributed by atoms with Gasteiger partial charge in [0, 0.05) is 13.0 Å². The second-order valence-electron chi connectivity index (χ2n) is 7.47. The molecule has 0 radical (unpaired) electrons. The van der Waals surface area contributed by atoms with Gasteiger partial charge in [-0.15, -0.1) is 0 Å². The van der Waals surface area contributed by atoms with E-state index in [-0.39, 0.29) is 5.97 Å². The number of benzene rings is 2. The molecule has 0 aromatic heterocycles. The lowest BCUT2D eigenvalue weighted by Crippen LogP contribution is -2.50. The molecule has 0 amide bonds. The normalized spacial score (nSPS) is 23.0. The molecule has 0 aliphatic carbocycles. The van der Waals surface area contributed by atoms with Gasteiger partial charge in [0.2, 0.25) is 6.29 Å². The first-order valence-electron chi connectivity index (χ1n) is 9.95. The zero-order valence-corrected chi connectivity index (χ0v) is 15.7. The molecule has 2 aromatic carbocycles.